The largest absolute Gasteiger partial charge is 0.377 e. The summed E-state index contributed by atoms with van der Waals surface area (Å²) in [6, 6.07) is 8.51. The Balaban J connectivity index is 0.00000162. The minimum Gasteiger partial charge on any atom is -0.377 e. The van der Waals surface area contributed by atoms with Gasteiger partial charge in [0.25, 0.3) is 0 Å². The highest BCUT2D eigenvalue weighted by Crippen LogP contribution is 2.13. The van der Waals surface area contributed by atoms with Gasteiger partial charge in [0.05, 0.1) is 6.61 Å². The predicted octanol–water partition coefficient (Wildman–Crippen LogP) is 3.81. The van der Waals surface area contributed by atoms with E-state index in [1.807, 2.05) is 24.3 Å². The highest BCUT2D eigenvalue weighted by atomic mass is 35.5. The Morgan fingerprint density at radius 1 is 1.33 bits per heavy atom. The molecule has 0 spiro atoms. The second-order valence-electron chi connectivity index (χ2n) is 4.62. The van der Waals surface area contributed by atoms with Crippen LogP contribution in [0.5, 0.6) is 0 Å². The van der Waals surface area contributed by atoms with Gasteiger partial charge in [0.1, 0.15) is 0 Å². The van der Waals surface area contributed by atoms with E-state index in [4.69, 9.17) is 16.3 Å². The van der Waals surface area contributed by atoms with Crippen molar-refractivity contribution in [2.75, 3.05) is 13.2 Å². The van der Waals surface area contributed by atoms with Crippen LogP contribution >= 0.6 is 24.0 Å². The molecule has 0 saturated carbocycles. The number of ether oxygens (including phenoxy) is 1. The average Bonchev–Trinajstić information content (AvgIpc) is 2.36. The Morgan fingerprint density at radius 2 is 2.22 bits per heavy atom. The molecule has 0 radical (unpaired) electrons. The van der Waals surface area contributed by atoms with Crippen LogP contribution in [0.25, 0.3) is 0 Å². The minimum atomic E-state index is 0. The number of halogens is 2. The number of piperidine rings is 1. The van der Waals surface area contributed by atoms with Gasteiger partial charge in [0.2, 0.25) is 0 Å². The van der Waals surface area contributed by atoms with Crippen molar-refractivity contribution in [3.63, 3.8) is 0 Å². The quantitative estimate of drug-likeness (QED) is 0.833. The van der Waals surface area contributed by atoms with Crippen LogP contribution < -0.4 is 5.32 Å². The van der Waals surface area contributed by atoms with Crippen molar-refractivity contribution in [3.05, 3.63) is 34.9 Å². The molecule has 102 valence electrons. The van der Waals surface area contributed by atoms with Gasteiger partial charge < -0.3 is 10.1 Å². The number of rotatable bonds is 5. The maximum atomic E-state index is 5.91. The Morgan fingerprint density at radius 3 is 2.94 bits per heavy atom. The highest BCUT2D eigenvalue weighted by molar-refractivity contribution is 6.30. The summed E-state index contributed by atoms with van der Waals surface area (Å²) < 4.78 is 5.68. The molecule has 0 aliphatic carbocycles. The Bertz CT molecular complexity index is 340. The zero-order chi connectivity index (χ0) is 11.9. The molecule has 0 aromatic heterocycles. The Kier molecular flexibility index (Phi) is 7.68. The smallest absolute Gasteiger partial charge is 0.0717 e. The summed E-state index contributed by atoms with van der Waals surface area (Å²) in [6.45, 7) is 2.65. The maximum Gasteiger partial charge on any atom is 0.0717 e. The van der Waals surface area contributed by atoms with Gasteiger partial charge in [0.15, 0.2) is 0 Å². The van der Waals surface area contributed by atoms with E-state index in [-0.39, 0.29) is 12.4 Å². The normalized spacial score (nSPS) is 19.3. The third-order valence-electron chi connectivity index (χ3n) is 3.18. The van der Waals surface area contributed by atoms with Gasteiger partial charge in [-0.3, -0.25) is 0 Å². The van der Waals surface area contributed by atoms with Crippen LogP contribution in [0.3, 0.4) is 0 Å². The van der Waals surface area contributed by atoms with Crippen LogP contribution in [0.1, 0.15) is 31.2 Å². The van der Waals surface area contributed by atoms with Crippen molar-refractivity contribution in [3.8, 4) is 0 Å². The highest BCUT2D eigenvalue weighted by Gasteiger charge is 2.11. The Labute approximate surface area is 120 Å². The minimum absolute atomic E-state index is 0. The lowest BCUT2D eigenvalue weighted by Gasteiger charge is -2.23. The molecule has 1 aromatic carbocycles. The summed E-state index contributed by atoms with van der Waals surface area (Å²) in [5.41, 5.74) is 1.15. The van der Waals surface area contributed by atoms with E-state index in [1.165, 1.54) is 25.8 Å². The predicted molar refractivity (Wildman–Crippen MR) is 78.6 cm³/mol. The zero-order valence-electron chi connectivity index (χ0n) is 10.5. The fourth-order valence-corrected chi connectivity index (χ4v) is 2.43. The molecule has 2 nitrogen and oxygen atoms in total. The van der Waals surface area contributed by atoms with Crippen molar-refractivity contribution in [2.45, 2.75) is 38.3 Å². The summed E-state index contributed by atoms with van der Waals surface area (Å²) in [6.07, 6.45) is 5.08. The molecule has 1 atom stereocenters. The van der Waals surface area contributed by atoms with E-state index in [0.717, 1.165) is 23.6 Å². The third kappa shape index (κ3) is 5.57. The fourth-order valence-electron chi connectivity index (χ4n) is 2.21. The topological polar surface area (TPSA) is 21.3 Å². The second kappa shape index (κ2) is 8.76. The molecule has 1 unspecified atom stereocenters. The number of benzene rings is 1. The summed E-state index contributed by atoms with van der Waals surface area (Å²) >= 11 is 5.91. The summed E-state index contributed by atoms with van der Waals surface area (Å²) in [7, 11) is 0. The zero-order valence-corrected chi connectivity index (χ0v) is 12.1. The molecular formula is C14H21Cl2NO. The molecular weight excluding hydrogens is 269 g/mol. The second-order valence-corrected chi connectivity index (χ2v) is 5.05. The molecule has 1 aliphatic heterocycles. The molecule has 1 aliphatic rings. The van der Waals surface area contributed by atoms with Crippen LogP contribution in [-0.2, 0) is 11.3 Å². The van der Waals surface area contributed by atoms with Crippen molar-refractivity contribution >= 4 is 24.0 Å². The summed E-state index contributed by atoms with van der Waals surface area (Å²) in [5, 5.41) is 4.30. The van der Waals surface area contributed by atoms with Gasteiger partial charge in [0, 0.05) is 17.7 Å². The van der Waals surface area contributed by atoms with Gasteiger partial charge in [-0.05, 0) is 43.5 Å². The van der Waals surface area contributed by atoms with Crippen molar-refractivity contribution in [1.82, 2.24) is 5.32 Å². The van der Waals surface area contributed by atoms with Crippen LogP contribution in [-0.4, -0.2) is 19.2 Å². The first-order valence-corrected chi connectivity index (χ1v) is 6.78. The van der Waals surface area contributed by atoms with Crippen molar-refractivity contribution < 1.29 is 4.74 Å². The fraction of sp³-hybridized carbons (Fsp3) is 0.571. The Hall–Kier alpha value is -0.280. The lowest BCUT2D eigenvalue weighted by Crippen LogP contribution is -2.34. The molecule has 1 saturated heterocycles. The van der Waals surface area contributed by atoms with E-state index in [0.29, 0.717) is 12.6 Å². The van der Waals surface area contributed by atoms with Crippen LogP contribution in [0.4, 0.5) is 0 Å². The van der Waals surface area contributed by atoms with E-state index in [1.54, 1.807) is 0 Å². The maximum absolute atomic E-state index is 5.91. The van der Waals surface area contributed by atoms with Gasteiger partial charge in [-0.1, -0.05) is 30.2 Å². The van der Waals surface area contributed by atoms with Crippen molar-refractivity contribution in [2.24, 2.45) is 0 Å². The monoisotopic (exact) mass is 289 g/mol. The first-order chi connectivity index (χ1) is 8.34. The number of nitrogens with one attached hydrogen (secondary N) is 1. The van der Waals surface area contributed by atoms with E-state index in [9.17, 15) is 0 Å². The average molecular weight is 290 g/mol. The first kappa shape index (κ1) is 15.8. The molecule has 1 N–H and O–H groups in total. The molecule has 1 aromatic rings. The van der Waals surface area contributed by atoms with E-state index in [2.05, 4.69) is 5.32 Å². The molecule has 18 heavy (non-hydrogen) atoms. The molecule has 4 heteroatoms. The lowest BCUT2D eigenvalue weighted by molar-refractivity contribution is 0.108. The van der Waals surface area contributed by atoms with Gasteiger partial charge in [-0.25, -0.2) is 0 Å². The van der Waals surface area contributed by atoms with Gasteiger partial charge in [-0.2, -0.15) is 0 Å². The SMILES string of the molecule is Cl.Clc1cccc(COCCC2CCCCN2)c1. The van der Waals surface area contributed by atoms with Gasteiger partial charge >= 0.3 is 0 Å². The molecule has 1 heterocycles. The molecule has 1 fully saturated rings. The number of hydrogen-bond donors (Lipinski definition) is 1. The van der Waals surface area contributed by atoms with E-state index < -0.39 is 0 Å². The van der Waals surface area contributed by atoms with Crippen LogP contribution in [0.2, 0.25) is 5.02 Å². The third-order valence-corrected chi connectivity index (χ3v) is 3.42. The van der Waals surface area contributed by atoms with Crippen molar-refractivity contribution in [1.29, 1.82) is 0 Å². The van der Waals surface area contributed by atoms with Crippen LogP contribution in [0.15, 0.2) is 24.3 Å². The summed E-state index contributed by atoms with van der Waals surface area (Å²) in [5.74, 6) is 0. The molecule has 2 rings (SSSR count). The lowest BCUT2D eigenvalue weighted by atomic mass is 10.0. The van der Waals surface area contributed by atoms with Gasteiger partial charge in [-0.15, -0.1) is 12.4 Å². The molecule has 0 bridgehead atoms. The molecule has 0 amide bonds. The number of hydrogen-bond acceptors (Lipinski definition) is 2. The van der Waals surface area contributed by atoms with E-state index >= 15 is 0 Å². The van der Waals surface area contributed by atoms with Crippen LogP contribution in [0, 0.1) is 0 Å². The standard InChI is InChI=1S/C14H20ClNO.ClH/c15-13-5-3-4-12(10-13)11-17-9-7-14-6-1-2-8-16-14;/h3-5,10,14,16H,1-2,6-9,11H2;1H. The first-order valence-electron chi connectivity index (χ1n) is 6.40. The summed E-state index contributed by atoms with van der Waals surface area (Å²) in [4.78, 5) is 0.